The number of carbonyl (C=O) groups excluding carboxylic acids is 1. The van der Waals surface area contributed by atoms with Gasteiger partial charge in [0.25, 0.3) is 0 Å². The monoisotopic (exact) mass is 314 g/mol. The smallest absolute Gasteiger partial charge is 0.228 e. The molecule has 0 saturated carbocycles. The van der Waals surface area contributed by atoms with Gasteiger partial charge in [-0.1, -0.05) is 6.07 Å². The van der Waals surface area contributed by atoms with Crippen LogP contribution in [0.3, 0.4) is 0 Å². The van der Waals surface area contributed by atoms with Crippen LogP contribution in [0.25, 0.3) is 0 Å². The molecule has 0 aliphatic carbocycles. The number of carbonyl (C=O) groups is 1. The number of fused-ring (bicyclic) bond motifs is 1. The molecule has 0 spiro atoms. The van der Waals surface area contributed by atoms with Crippen molar-refractivity contribution in [2.45, 2.75) is 31.3 Å². The maximum absolute atomic E-state index is 12.6. The number of hydrogen-bond donors (Lipinski definition) is 0. The Hall–Kier alpha value is -1.95. The number of amides is 1. The summed E-state index contributed by atoms with van der Waals surface area (Å²) in [6.07, 6.45) is 6.12. The molecule has 114 valence electrons. The van der Waals surface area contributed by atoms with Crippen LogP contribution in [0.1, 0.15) is 17.7 Å². The predicted octanol–water partition coefficient (Wildman–Crippen LogP) is 1.96. The van der Waals surface area contributed by atoms with Crippen LogP contribution in [0, 0.1) is 0 Å². The Morgan fingerprint density at radius 3 is 2.77 bits per heavy atom. The number of rotatable bonds is 3. The summed E-state index contributed by atoms with van der Waals surface area (Å²) in [7, 11) is 0. The summed E-state index contributed by atoms with van der Waals surface area (Å²) in [5.74, 6) is 1.05. The van der Waals surface area contributed by atoms with E-state index < -0.39 is 0 Å². The first-order valence-electron chi connectivity index (χ1n) is 7.68. The van der Waals surface area contributed by atoms with Crippen molar-refractivity contribution in [2.24, 2.45) is 0 Å². The summed E-state index contributed by atoms with van der Waals surface area (Å²) in [4.78, 5) is 26.8. The Morgan fingerprint density at radius 1 is 1.18 bits per heavy atom. The van der Waals surface area contributed by atoms with E-state index in [1.165, 1.54) is 0 Å². The lowest BCUT2D eigenvalue weighted by atomic mass is 10.1. The van der Waals surface area contributed by atoms with E-state index in [4.69, 9.17) is 0 Å². The van der Waals surface area contributed by atoms with Gasteiger partial charge in [-0.05, 0) is 30.4 Å². The normalized spacial score (nSPS) is 23.8. The second kappa shape index (κ2) is 5.68. The SMILES string of the molecule is O=C(Cc1cccs1)N1CC[C@@H]2[C@@H]1CCN2c1ncccn1. The molecular formula is C16H18N4OS. The van der Waals surface area contributed by atoms with Crippen molar-refractivity contribution in [1.82, 2.24) is 14.9 Å². The molecule has 0 radical (unpaired) electrons. The van der Waals surface area contributed by atoms with Gasteiger partial charge in [0.2, 0.25) is 11.9 Å². The van der Waals surface area contributed by atoms with Gasteiger partial charge in [0.1, 0.15) is 0 Å². The number of anilines is 1. The quantitative estimate of drug-likeness (QED) is 0.869. The van der Waals surface area contributed by atoms with Crippen molar-refractivity contribution in [1.29, 1.82) is 0 Å². The third kappa shape index (κ3) is 2.37. The lowest BCUT2D eigenvalue weighted by Gasteiger charge is -2.25. The molecule has 2 aliphatic rings. The Labute approximate surface area is 133 Å². The minimum Gasteiger partial charge on any atom is -0.337 e. The number of thiophene rings is 1. The van der Waals surface area contributed by atoms with Crippen molar-refractivity contribution in [3.63, 3.8) is 0 Å². The summed E-state index contributed by atoms with van der Waals surface area (Å²) in [5.41, 5.74) is 0. The number of nitrogens with zero attached hydrogens (tertiary/aromatic N) is 4. The highest BCUT2D eigenvalue weighted by Gasteiger charge is 2.45. The third-order valence-electron chi connectivity index (χ3n) is 4.61. The molecule has 2 aliphatic heterocycles. The molecule has 0 N–H and O–H groups in total. The van der Waals surface area contributed by atoms with Crippen LogP contribution in [-0.4, -0.2) is 45.9 Å². The topological polar surface area (TPSA) is 49.3 Å². The van der Waals surface area contributed by atoms with E-state index >= 15 is 0 Å². The van der Waals surface area contributed by atoms with Crippen molar-refractivity contribution in [3.05, 3.63) is 40.8 Å². The molecule has 5 nitrogen and oxygen atoms in total. The van der Waals surface area contributed by atoms with Gasteiger partial charge in [-0.25, -0.2) is 9.97 Å². The lowest BCUT2D eigenvalue weighted by Crippen LogP contribution is -2.40. The van der Waals surface area contributed by atoms with E-state index in [-0.39, 0.29) is 5.91 Å². The van der Waals surface area contributed by atoms with Crippen LogP contribution in [0.15, 0.2) is 36.0 Å². The molecule has 0 bridgehead atoms. The van der Waals surface area contributed by atoms with Crippen LogP contribution in [-0.2, 0) is 11.2 Å². The molecule has 0 unspecified atom stereocenters. The van der Waals surface area contributed by atoms with Crippen LogP contribution in [0.4, 0.5) is 5.95 Å². The molecular weight excluding hydrogens is 296 g/mol. The highest BCUT2D eigenvalue weighted by atomic mass is 32.1. The maximum atomic E-state index is 12.6. The zero-order valence-electron chi connectivity index (χ0n) is 12.3. The van der Waals surface area contributed by atoms with Gasteiger partial charge in [0.05, 0.1) is 18.5 Å². The molecule has 1 amide bonds. The lowest BCUT2D eigenvalue weighted by molar-refractivity contribution is -0.131. The van der Waals surface area contributed by atoms with Crippen LogP contribution in [0.5, 0.6) is 0 Å². The van der Waals surface area contributed by atoms with Gasteiger partial charge < -0.3 is 9.80 Å². The largest absolute Gasteiger partial charge is 0.337 e. The zero-order chi connectivity index (χ0) is 14.9. The molecule has 0 aromatic carbocycles. The number of aromatic nitrogens is 2. The van der Waals surface area contributed by atoms with Crippen molar-refractivity contribution < 1.29 is 4.79 Å². The van der Waals surface area contributed by atoms with Gasteiger partial charge in [-0.15, -0.1) is 11.3 Å². The van der Waals surface area contributed by atoms with Crippen LogP contribution in [0.2, 0.25) is 0 Å². The molecule has 4 rings (SSSR count). The van der Waals surface area contributed by atoms with Gasteiger partial charge in [0.15, 0.2) is 0 Å². The molecule has 22 heavy (non-hydrogen) atoms. The summed E-state index contributed by atoms with van der Waals surface area (Å²) < 4.78 is 0. The van der Waals surface area contributed by atoms with E-state index in [1.807, 2.05) is 23.6 Å². The van der Waals surface area contributed by atoms with Gasteiger partial charge in [-0.2, -0.15) is 0 Å². The zero-order valence-corrected chi connectivity index (χ0v) is 13.1. The van der Waals surface area contributed by atoms with Gasteiger partial charge in [0, 0.05) is 30.4 Å². The minimum absolute atomic E-state index is 0.255. The summed E-state index contributed by atoms with van der Waals surface area (Å²) in [5, 5.41) is 2.03. The summed E-state index contributed by atoms with van der Waals surface area (Å²) >= 11 is 1.65. The van der Waals surface area contributed by atoms with Crippen molar-refractivity contribution in [3.8, 4) is 0 Å². The summed E-state index contributed by atoms with van der Waals surface area (Å²) in [6, 6.07) is 6.56. The fourth-order valence-electron chi connectivity index (χ4n) is 3.65. The van der Waals surface area contributed by atoms with Crippen molar-refractivity contribution >= 4 is 23.2 Å². The highest BCUT2D eigenvalue weighted by molar-refractivity contribution is 7.10. The van der Waals surface area contributed by atoms with E-state index in [1.54, 1.807) is 23.7 Å². The first kappa shape index (κ1) is 13.7. The van der Waals surface area contributed by atoms with E-state index in [9.17, 15) is 4.79 Å². The molecule has 4 heterocycles. The summed E-state index contributed by atoms with van der Waals surface area (Å²) in [6.45, 7) is 1.78. The Balaban J connectivity index is 1.47. The first-order valence-corrected chi connectivity index (χ1v) is 8.56. The highest BCUT2D eigenvalue weighted by Crippen LogP contribution is 2.33. The van der Waals surface area contributed by atoms with E-state index in [0.717, 1.165) is 36.8 Å². The molecule has 2 atom stereocenters. The Kier molecular flexibility index (Phi) is 3.54. The molecule has 2 aromatic rings. The predicted molar refractivity (Wildman–Crippen MR) is 85.9 cm³/mol. The van der Waals surface area contributed by atoms with E-state index in [2.05, 4.69) is 19.8 Å². The van der Waals surface area contributed by atoms with Crippen LogP contribution < -0.4 is 4.90 Å². The number of likely N-dealkylation sites (tertiary alicyclic amines) is 1. The van der Waals surface area contributed by atoms with Crippen molar-refractivity contribution in [2.75, 3.05) is 18.0 Å². The fourth-order valence-corrected chi connectivity index (χ4v) is 4.34. The fraction of sp³-hybridized carbons (Fsp3) is 0.438. The second-order valence-corrected chi connectivity index (χ2v) is 6.83. The van der Waals surface area contributed by atoms with E-state index in [0.29, 0.717) is 18.5 Å². The minimum atomic E-state index is 0.255. The Bertz CT molecular complexity index is 645. The third-order valence-corrected chi connectivity index (χ3v) is 5.49. The average Bonchev–Trinajstić information content (AvgIpc) is 3.24. The number of hydrogen-bond acceptors (Lipinski definition) is 5. The average molecular weight is 314 g/mol. The second-order valence-electron chi connectivity index (χ2n) is 5.80. The van der Waals surface area contributed by atoms with Crippen LogP contribution >= 0.6 is 11.3 Å². The standard InChI is InChI=1S/C16H18N4OS/c21-15(11-12-3-1-10-22-12)19-8-4-14-13(19)5-9-20(14)16-17-6-2-7-18-16/h1-3,6-7,10,13-14H,4-5,8-9,11H2/t13-,14+/m0/s1. The first-order chi connectivity index (χ1) is 10.8. The Morgan fingerprint density at radius 2 is 2.00 bits per heavy atom. The van der Waals surface area contributed by atoms with Gasteiger partial charge >= 0.3 is 0 Å². The molecule has 6 heteroatoms. The molecule has 2 aromatic heterocycles. The molecule has 2 saturated heterocycles. The van der Waals surface area contributed by atoms with Gasteiger partial charge in [-0.3, -0.25) is 4.79 Å². The maximum Gasteiger partial charge on any atom is 0.228 e. The molecule has 2 fully saturated rings.